The van der Waals surface area contributed by atoms with Gasteiger partial charge in [0, 0.05) is 45.0 Å². The first-order valence-corrected chi connectivity index (χ1v) is 12.3. The number of nitrogens with zero attached hydrogens (tertiary/aromatic N) is 3. The first-order valence-electron chi connectivity index (χ1n) is 11.9. The Labute approximate surface area is 217 Å². The number of hydrogen-bond acceptors (Lipinski definition) is 5. The number of hydrogen-bond donors (Lipinski definition) is 2. The molecule has 8 nitrogen and oxygen atoms in total. The molecule has 0 aliphatic carbocycles. The summed E-state index contributed by atoms with van der Waals surface area (Å²) in [7, 11) is 0. The monoisotopic (exact) mass is 537 g/mol. The molecule has 2 fully saturated rings. The Morgan fingerprint density at radius 3 is 2.46 bits per heavy atom. The molecular formula is C25H27ClF3N5O3. The molecule has 2 aromatic rings. The van der Waals surface area contributed by atoms with E-state index < -0.39 is 29.6 Å². The lowest BCUT2D eigenvalue weighted by atomic mass is 10.1. The lowest BCUT2D eigenvalue weighted by Crippen LogP contribution is -2.60. The van der Waals surface area contributed by atoms with Crippen molar-refractivity contribution in [3.63, 3.8) is 0 Å². The highest BCUT2D eigenvalue weighted by Gasteiger charge is 2.36. The van der Waals surface area contributed by atoms with Crippen molar-refractivity contribution in [1.29, 1.82) is 0 Å². The molecule has 2 heterocycles. The molecule has 2 aliphatic heterocycles. The minimum absolute atomic E-state index is 0.0480. The fourth-order valence-electron chi connectivity index (χ4n) is 4.48. The van der Waals surface area contributed by atoms with Gasteiger partial charge in [-0.3, -0.25) is 19.3 Å². The van der Waals surface area contributed by atoms with Gasteiger partial charge in [-0.05, 0) is 30.3 Å². The zero-order chi connectivity index (χ0) is 26.6. The van der Waals surface area contributed by atoms with Crippen LogP contribution in [-0.4, -0.2) is 79.4 Å². The van der Waals surface area contributed by atoms with Crippen molar-refractivity contribution in [2.75, 3.05) is 56.0 Å². The number of anilines is 2. The van der Waals surface area contributed by atoms with E-state index in [2.05, 4.69) is 10.6 Å². The SMILES string of the molecule is O=C(CC1C(=O)NCCN1C(=O)CN1CCN(c2cccc(C(F)(F)F)c2)CC1)Nc1ccccc1Cl. The second-order valence-corrected chi connectivity index (χ2v) is 9.34. The molecule has 2 aliphatic rings. The first kappa shape index (κ1) is 26.7. The minimum atomic E-state index is -4.41. The van der Waals surface area contributed by atoms with Crippen molar-refractivity contribution in [2.24, 2.45) is 0 Å². The molecule has 198 valence electrons. The third-order valence-corrected chi connectivity index (χ3v) is 6.78. The Morgan fingerprint density at radius 1 is 1.03 bits per heavy atom. The summed E-state index contributed by atoms with van der Waals surface area (Å²) in [5.41, 5.74) is 0.204. The standard InChI is InChI=1S/C25H27ClF3N5O3/c26-19-6-1-2-7-20(19)31-22(35)15-21-24(37)30-8-9-34(21)23(36)16-32-10-12-33(13-11-32)18-5-3-4-17(14-18)25(27,28)29/h1-7,14,21H,8-13,15-16H2,(H,30,37)(H,31,35). The zero-order valence-electron chi connectivity index (χ0n) is 19.9. The average molecular weight is 538 g/mol. The highest BCUT2D eigenvalue weighted by molar-refractivity contribution is 6.33. The van der Waals surface area contributed by atoms with Crippen LogP contribution in [0.5, 0.6) is 0 Å². The van der Waals surface area contributed by atoms with Crippen LogP contribution in [0.25, 0.3) is 0 Å². The van der Waals surface area contributed by atoms with Gasteiger partial charge in [0.2, 0.25) is 17.7 Å². The van der Waals surface area contributed by atoms with Crippen molar-refractivity contribution in [1.82, 2.24) is 15.1 Å². The fraction of sp³-hybridized carbons (Fsp3) is 0.400. The van der Waals surface area contributed by atoms with Gasteiger partial charge in [-0.15, -0.1) is 0 Å². The molecule has 0 spiro atoms. The fourth-order valence-corrected chi connectivity index (χ4v) is 4.66. The maximum absolute atomic E-state index is 13.1. The third-order valence-electron chi connectivity index (χ3n) is 6.45. The largest absolute Gasteiger partial charge is 0.416 e. The van der Waals surface area contributed by atoms with Gasteiger partial charge in [-0.25, -0.2) is 0 Å². The van der Waals surface area contributed by atoms with Gasteiger partial charge in [-0.1, -0.05) is 29.8 Å². The Bertz CT molecular complexity index is 1150. The summed E-state index contributed by atoms with van der Waals surface area (Å²) >= 11 is 6.09. The number of nitrogens with one attached hydrogen (secondary N) is 2. The number of carbonyl (C=O) groups excluding carboxylic acids is 3. The zero-order valence-corrected chi connectivity index (χ0v) is 20.7. The molecule has 0 saturated carbocycles. The Balaban J connectivity index is 1.33. The Hall–Kier alpha value is -3.31. The van der Waals surface area contributed by atoms with E-state index >= 15 is 0 Å². The van der Waals surface area contributed by atoms with E-state index in [-0.39, 0.29) is 32.0 Å². The van der Waals surface area contributed by atoms with E-state index in [1.807, 2.05) is 9.80 Å². The smallest absolute Gasteiger partial charge is 0.369 e. The number of rotatable bonds is 6. The number of halogens is 4. The van der Waals surface area contributed by atoms with E-state index in [0.717, 1.165) is 12.1 Å². The van der Waals surface area contributed by atoms with E-state index in [1.54, 1.807) is 30.3 Å². The van der Waals surface area contributed by atoms with Crippen LogP contribution in [0.4, 0.5) is 24.5 Å². The maximum Gasteiger partial charge on any atom is 0.416 e. The van der Waals surface area contributed by atoms with Gasteiger partial charge in [0.15, 0.2) is 0 Å². The van der Waals surface area contributed by atoms with Gasteiger partial charge in [0.1, 0.15) is 6.04 Å². The van der Waals surface area contributed by atoms with Crippen LogP contribution in [0.2, 0.25) is 5.02 Å². The van der Waals surface area contributed by atoms with Crippen molar-refractivity contribution in [2.45, 2.75) is 18.6 Å². The number of piperazine rings is 2. The normalized spacial score (nSPS) is 18.9. The molecule has 0 aromatic heterocycles. The third kappa shape index (κ3) is 6.72. The molecule has 0 radical (unpaired) electrons. The summed E-state index contributed by atoms with van der Waals surface area (Å²) in [5, 5.41) is 5.74. The molecule has 4 rings (SSSR count). The summed E-state index contributed by atoms with van der Waals surface area (Å²) in [6, 6.07) is 11.0. The summed E-state index contributed by atoms with van der Waals surface area (Å²) in [5.74, 6) is -1.12. The van der Waals surface area contributed by atoms with Gasteiger partial charge in [-0.2, -0.15) is 13.2 Å². The van der Waals surface area contributed by atoms with Crippen molar-refractivity contribution in [3.8, 4) is 0 Å². The van der Waals surface area contributed by atoms with Crippen LogP contribution in [0.15, 0.2) is 48.5 Å². The van der Waals surface area contributed by atoms with E-state index in [9.17, 15) is 27.6 Å². The number of para-hydroxylation sites is 1. The molecular weight excluding hydrogens is 511 g/mol. The minimum Gasteiger partial charge on any atom is -0.369 e. The van der Waals surface area contributed by atoms with Crippen LogP contribution in [0.3, 0.4) is 0 Å². The highest BCUT2D eigenvalue weighted by Crippen LogP contribution is 2.32. The lowest BCUT2D eigenvalue weighted by Gasteiger charge is -2.39. The van der Waals surface area contributed by atoms with Crippen LogP contribution in [-0.2, 0) is 20.6 Å². The summed E-state index contributed by atoms with van der Waals surface area (Å²) < 4.78 is 39.2. The molecule has 2 saturated heterocycles. The number of amides is 3. The Kier molecular flexibility index (Phi) is 8.23. The molecule has 37 heavy (non-hydrogen) atoms. The van der Waals surface area contributed by atoms with Crippen LogP contribution in [0, 0.1) is 0 Å². The first-order chi connectivity index (χ1) is 17.6. The van der Waals surface area contributed by atoms with Crippen LogP contribution < -0.4 is 15.5 Å². The van der Waals surface area contributed by atoms with Crippen molar-refractivity contribution in [3.05, 3.63) is 59.1 Å². The summed E-state index contributed by atoms with van der Waals surface area (Å²) in [4.78, 5) is 43.5. The van der Waals surface area contributed by atoms with Crippen molar-refractivity contribution >= 4 is 40.7 Å². The quantitative estimate of drug-likeness (QED) is 0.592. The maximum atomic E-state index is 13.1. The average Bonchev–Trinajstić information content (AvgIpc) is 2.86. The topological polar surface area (TPSA) is 85.0 Å². The molecule has 2 aromatic carbocycles. The highest BCUT2D eigenvalue weighted by atomic mass is 35.5. The van der Waals surface area contributed by atoms with Gasteiger partial charge < -0.3 is 20.4 Å². The molecule has 3 amide bonds. The van der Waals surface area contributed by atoms with Gasteiger partial charge in [0.25, 0.3) is 0 Å². The summed E-state index contributed by atoms with van der Waals surface area (Å²) in [6.45, 7) is 2.47. The van der Waals surface area contributed by atoms with E-state index in [0.29, 0.717) is 42.6 Å². The van der Waals surface area contributed by atoms with E-state index in [1.165, 1.54) is 11.0 Å². The van der Waals surface area contributed by atoms with Crippen LogP contribution in [0.1, 0.15) is 12.0 Å². The molecule has 1 atom stereocenters. The number of alkyl halides is 3. The lowest BCUT2D eigenvalue weighted by molar-refractivity contribution is -0.145. The number of carbonyl (C=O) groups is 3. The summed E-state index contributed by atoms with van der Waals surface area (Å²) in [6.07, 6.45) is -4.63. The van der Waals surface area contributed by atoms with Gasteiger partial charge in [0.05, 0.1) is 29.2 Å². The molecule has 1 unspecified atom stereocenters. The second kappa shape index (κ2) is 11.4. The molecule has 2 N–H and O–H groups in total. The number of benzene rings is 2. The van der Waals surface area contributed by atoms with Gasteiger partial charge >= 0.3 is 6.18 Å². The second-order valence-electron chi connectivity index (χ2n) is 8.94. The van der Waals surface area contributed by atoms with Crippen molar-refractivity contribution < 1.29 is 27.6 Å². The predicted octanol–water partition coefficient (Wildman–Crippen LogP) is 2.84. The predicted molar refractivity (Wildman–Crippen MR) is 133 cm³/mol. The Morgan fingerprint density at radius 2 is 1.76 bits per heavy atom. The van der Waals surface area contributed by atoms with E-state index in [4.69, 9.17) is 11.6 Å². The molecule has 12 heteroatoms. The van der Waals surface area contributed by atoms with Crippen LogP contribution >= 0.6 is 11.6 Å². The molecule has 0 bridgehead atoms.